The lowest BCUT2D eigenvalue weighted by atomic mass is 10.1. The summed E-state index contributed by atoms with van der Waals surface area (Å²) in [6.07, 6.45) is 5.11. The van der Waals surface area contributed by atoms with E-state index in [0.29, 0.717) is 32.0 Å². The largest absolute Gasteiger partial charge is 0.352 e. The van der Waals surface area contributed by atoms with Crippen molar-refractivity contribution >= 4 is 11.7 Å². The highest BCUT2D eigenvalue weighted by molar-refractivity contribution is 5.93. The Morgan fingerprint density at radius 3 is 2.44 bits per heavy atom. The smallest absolute Gasteiger partial charge is 0.272 e. The molecule has 0 spiro atoms. The molecule has 1 aromatic carbocycles. The average Bonchev–Trinajstić information content (AvgIpc) is 3.52. The van der Waals surface area contributed by atoms with Crippen LogP contribution in [0.15, 0.2) is 55.1 Å². The Hall–Kier alpha value is -4.15. The molecule has 4 aromatic rings. The summed E-state index contributed by atoms with van der Waals surface area (Å²) in [5.74, 6) is -0.224. The third-order valence-corrected chi connectivity index (χ3v) is 5.31. The van der Waals surface area contributed by atoms with Gasteiger partial charge in [0.2, 0.25) is 0 Å². The molecule has 9 nitrogen and oxygen atoms in total. The van der Waals surface area contributed by atoms with E-state index < -0.39 is 11.6 Å². The van der Waals surface area contributed by atoms with Gasteiger partial charge in [0.15, 0.2) is 11.6 Å². The van der Waals surface area contributed by atoms with Crippen molar-refractivity contribution in [3.8, 4) is 17.1 Å². The number of aromatic nitrogens is 6. The minimum atomic E-state index is -0.732. The van der Waals surface area contributed by atoms with Crippen molar-refractivity contribution in [3.63, 3.8) is 0 Å². The summed E-state index contributed by atoms with van der Waals surface area (Å²) in [6, 6.07) is 8.47. The number of carbonyl (C=O) groups is 1. The SMILES string of the molecule is O=C(c1cc(-c2ccc(F)cc2F)n[nH]1)N1CCN(c2ccc(-n3ccnc3)nn2)CC1. The van der Waals surface area contributed by atoms with Crippen LogP contribution in [0, 0.1) is 11.6 Å². The Morgan fingerprint density at radius 2 is 1.75 bits per heavy atom. The molecule has 0 radical (unpaired) electrons. The van der Waals surface area contributed by atoms with Gasteiger partial charge in [-0.15, -0.1) is 10.2 Å². The highest BCUT2D eigenvalue weighted by Gasteiger charge is 2.25. The topological polar surface area (TPSA) is 95.8 Å². The molecule has 162 valence electrons. The number of anilines is 1. The molecule has 32 heavy (non-hydrogen) atoms. The van der Waals surface area contributed by atoms with Crippen LogP contribution in [0.5, 0.6) is 0 Å². The molecule has 4 heterocycles. The van der Waals surface area contributed by atoms with Crippen LogP contribution in [0.4, 0.5) is 14.6 Å². The van der Waals surface area contributed by atoms with Crippen LogP contribution < -0.4 is 4.90 Å². The maximum Gasteiger partial charge on any atom is 0.272 e. The highest BCUT2D eigenvalue weighted by Crippen LogP contribution is 2.23. The fourth-order valence-electron chi connectivity index (χ4n) is 3.59. The number of rotatable bonds is 4. The first-order valence-electron chi connectivity index (χ1n) is 9.95. The number of halogens is 2. The van der Waals surface area contributed by atoms with E-state index in [1.165, 1.54) is 12.1 Å². The van der Waals surface area contributed by atoms with Crippen molar-refractivity contribution in [3.05, 3.63) is 72.4 Å². The van der Waals surface area contributed by atoms with Gasteiger partial charge < -0.3 is 9.80 Å². The van der Waals surface area contributed by atoms with Crippen LogP contribution in [-0.4, -0.2) is 66.9 Å². The van der Waals surface area contributed by atoms with Crippen molar-refractivity contribution in [2.45, 2.75) is 0 Å². The lowest BCUT2D eigenvalue weighted by Crippen LogP contribution is -2.49. The second-order valence-corrected chi connectivity index (χ2v) is 7.29. The van der Waals surface area contributed by atoms with Crippen molar-refractivity contribution in [1.29, 1.82) is 0 Å². The highest BCUT2D eigenvalue weighted by atomic mass is 19.1. The van der Waals surface area contributed by atoms with Crippen LogP contribution in [0.1, 0.15) is 10.5 Å². The van der Waals surface area contributed by atoms with Gasteiger partial charge in [-0.1, -0.05) is 0 Å². The molecular weight excluding hydrogens is 418 g/mol. The summed E-state index contributed by atoms with van der Waals surface area (Å²) in [5.41, 5.74) is 0.628. The average molecular weight is 436 g/mol. The molecule has 0 unspecified atom stereocenters. The number of hydrogen-bond donors (Lipinski definition) is 1. The maximum absolute atomic E-state index is 14.0. The minimum absolute atomic E-state index is 0.129. The van der Waals surface area contributed by atoms with E-state index in [-0.39, 0.29) is 22.9 Å². The predicted octanol–water partition coefficient (Wildman–Crippen LogP) is 2.29. The number of imidazole rings is 1. The van der Waals surface area contributed by atoms with Crippen LogP contribution in [0.3, 0.4) is 0 Å². The third-order valence-electron chi connectivity index (χ3n) is 5.31. The minimum Gasteiger partial charge on any atom is -0.352 e. The second-order valence-electron chi connectivity index (χ2n) is 7.29. The molecule has 0 saturated carbocycles. The van der Waals surface area contributed by atoms with Crippen molar-refractivity contribution < 1.29 is 13.6 Å². The monoisotopic (exact) mass is 436 g/mol. The fourth-order valence-corrected chi connectivity index (χ4v) is 3.59. The number of carbonyl (C=O) groups excluding carboxylic acids is 1. The molecule has 1 aliphatic heterocycles. The lowest BCUT2D eigenvalue weighted by Gasteiger charge is -2.34. The van der Waals surface area contributed by atoms with Crippen LogP contribution >= 0.6 is 0 Å². The zero-order valence-corrected chi connectivity index (χ0v) is 16.8. The van der Waals surface area contributed by atoms with E-state index in [2.05, 4.69) is 30.3 Å². The van der Waals surface area contributed by atoms with Crippen LogP contribution in [-0.2, 0) is 0 Å². The summed E-state index contributed by atoms with van der Waals surface area (Å²) in [7, 11) is 0. The second kappa shape index (κ2) is 8.17. The number of nitrogens with zero attached hydrogens (tertiary/aromatic N) is 7. The quantitative estimate of drug-likeness (QED) is 0.528. The zero-order valence-electron chi connectivity index (χ0n) is 16.8. The standard InChI is InChI=1S/C21H18F2N8O/c22-14-1-2-15(16(23)11-14)17-12-18(26-25-17)21(32)30-9-7-29(8-10-30)19-3-4-20(28-27-19)31-6-5-24-13-31/h1-6,11-13H,7-10H2,(H,25,26). The Morgan fingerprint density at radius 1 is 0.969 bits per heavy atom. The van der Waals surface area contributed by atoms with Gasteiger partial charge in [0, 0.05) is 50.2 Å². The molecule has 1 amide bonds. The molecule has 11 heteroatoms. The van der Waals surface area contributed by atoms with Gasteiger partial charge >= 0.3 is 0 Å². The van der Waals surface area contributed by atoms with E-state index >= 15 is 0 Å². The molecule has 1 N–H and O–H groups in total. The third kappa shape index (κ3) is 3.80. The first-order valence-corrected chi connectivity index (χ1v) is 9.95. The van der Waals surface area contributed by atoms with E-state index in [1.807, 2.05) is 12.1 Å². The van der Waals surface area contributed by atoms with Gasteiger partial charge in [-0.3, -0.25) is 14.5 Å². The Kier molecular flexibility index (Phi) is 5.06. The zero-order chi connectivity index (χ0) is 22.1. The summed E-state index contributed by atoms with van der Waals surface area (Å²) >= 11 is 0. The number of aromatic amines is 1. The fraction of sp³-hybridized carbons (Fsp3) is 0.190. The maximum atomic E-state index is 14.0. The van der Waals surface area contributed by atoms with E-state index in [4.69, 9.17) is 0 Å². The number of benzene rings is 1. The molecule has 1 saturated heterocycles. The number of hydrogen-bond acceptors (Lipinski definition) is 6. The van der Waals surface area contributed by atoms with Crippen molar-refractivity contribution in [2.75, 3.05) is 31.1 Å². The Bertz CT molecular complexity index is 1230. The van der Waals surface area contributed by atoms with E-state index in [1.54, 1.807) is 28.2 Å². The molecule has 0 atom stereocenters. The predicted molar refractivity (Wildman–Crippen MR) is 111 cm³/mol. The van der Waals surface area contributed by atoms with Gasteiger partial charge in [-0.25, -0.2) is 13.8 Å². The first kappa shape index (κ1) is 19.8. The Balaban J connectivity index is 1.23. The van der Waals surface area contributed by atoms with Crippen LogP contribution in [0.2, 0.25) is 0 Å². The summed E-state index contributed by atoms with van der Waals surface area (Å²) in [5, 5.41) is 15.2. The summed E-state index contributed by atoms with van der Waals surface area (Å²) in [6.45, 7) is 2.17. The molecule has 3 aromatic heterocycles. The van der Waals surface area contributed by atoms with E-state index in [9.17, 15) is 13.6 Å². The van der Waals surface area contributed by atoms with Crippen LogP contribution in [0.25, 0.3) is 17.1 Å². The van der Waals surface area contributed by atoms with Gasteiger partial charge in [-0.2, -0.15) is 5.10 Å². The van der Waals surface area contributed by atoms with Gasteiger partial charge in [-0.05, 0) is 30.3 Å². The van der Waals surface area contributed by atoms with Gasteiger partial charge in [0.05, 0.1) is 5.69 Å². The molecule has 5 rings (SSSR count). The Labute approximate surface area is 181 Å². The molecule has 1 fully saturated rings. The normalized spacial score (nSPS) is 14.1. The number of H-pyrrole nitrogens is 1. The number of nitrogens with one attached hydrogen (secondary N) is 1. The van der Waals surface area contributed by atoms with E-state index in [0.717, 1.165) is 18.0 Å². The summed E-state index contributed by atoms with van der Waals surface area (Å²) in [4.78, 5) is 20.6. The number of amides is 1. The first-order chi connectivity index (χ1) is 15.6. The molecule has 1 aliphatic rings. The molecule has 0 bridgehead atoms. The van der Waals surface area contributed by atoms with Crippen molar-refractivity contribution in [2.24, 2.45) is 0 Å². The molecule has 0 aliphatic carbocycles. The van der Waals surface area contributed by atoms with Crippen molar-refractivity contribution in [1.82, 2.24) is 34.8 Å². The van der Waals surface area contributed by atoms with Gasteiger partial charge in [0.1, 0.15) is 23.7 Å². The lowest BCUT2D eigenvalue weighted by molar-refractivity contribution is 0.0740. The van der Waals surface area contributed by atoms with Gasteiger partial charge in [0.25, 0.3) is 5.91 Å². The number of piperazine rings is 1. The summed E-state index contributed by atoms with van der Waals surface area (Å²) < 4.78 is 28.9. The molecular formula is C21H18F2N8O.